The third kappa shape index (κ3) is 3.65. The van der Waals surface area contributed by atoms with E-state index in [0.717, 1.165) is 27.8 Å². The van der Waals surface area contributed by atoms with Crippen LogP contribution in [0.5, 0.6) is 0 Å². The lowest BCUT2D eigenvalue weighted by atomic mass is 9.75. The second kappa shape index (κ2) is 7.21. The zero-order valence-electron chi connectivity index (χ0n) is 15.2. The van der Waals surface area contributed by atoms with Crippen LogP contribution in [-0.2, 0) is 20.8 Å². The van der Waals surface area contributed by atoms with E-state index in [9.17, 15) is 19.5 Å². The van der Waals surface area contributed by atoms with E-state index in [1.807, 2.05) is 26.8 Å². The fourth-order valence-corrected chi connectivity index (χ4v) is 3.90. The minimum Gasteiger partial charge on any atom is -0.511 e. The average molecular weight is 343 g/mol. The van der Waals surface area contributed by atoms with E-state index in [-0.39, 0.29) is 54.5 Å². The summed E-state index contributed by atoms with van der Waals surface area (Å²) in [5.74, 6) is -1.39. The lowest BCUT2D eigenvalue weighted by Gasteiger charge is -2.27. The minimum absolute atomic E-state index is 0.0430. The largest absolute Gasteiger partial charge is 0.511 e. The molecule has 1 aromatic carbocycles. The maximum Gasteiger partial charge on any atom is 0.221 e. The van der Waals surface area contributed by atoms with Crippen molar-refractivity contribution in [3.8, 4) is 0 Å². The predicted molar refractivity (Wildman–Crippen MR) is 95.5 cm³/mol. The fourth-order valence-electron chi connectivity index (χ4n) is 3.90. The van der Waals surface area contributed by atoms with Gasteiger partial charge in [0.1, 0.15) is 5.76 Å². The smallest absolute Gasteiger partial charge is 0.221 e. The quantitative estimate of drug-likeness (QED) is 0.499. The number of amides is 1. The van der Waals surface area contributed by atoms with Gasteiger partial charge in [-0.15, -0.1) is 0 Å². The Hall–Kier alpha value is -2.43. The van der Waals surface area contributed by atoms with Crippen LogP contribution in [-0.4, -0.2) is 22.6 Å². The molecule has 1 fully saturated rings. The van der Waals surface area contributed by atoms with Gasteiger partial charge in [0.05, 0.1) is 12.0 Å². The second-order valence-electron chi connectivity index (χ2n) is 6.80. The number of aryl methyl sites for hydroxylation is 2. The number of ketones is 2. The van der Waals surface area contributed by atoms with Gasteiger partial charge in [0.15, 0.2) is 11.6 Å². The molecule has 0 spiro atoms. The number of nitrogens with two attached hydrogens (primary N) is 1. The number of primary amides is 1. The molecule has 0 bridgehead atoms. The van der Waals surface area contributed by atoms with Gasteiger partial charge in [-0.05, 0) is 54.5 Å². The number of Topliss-reactive ketones (excluding diaryl/α,β-unsaturated/α-hetero) is 2. The molecular weight excluding hydrogens is 318 g/mol. The Kier molecular flexibility index (Phi) is 5.45. The molecule has 0 saturated heterocycles. The van der Waals surface area contributed by atoms with Crippen LogP contribution in [0.15, 0.2) is 17.4 Å². The van der Waals surface area contributed by atoms with Gasteiger partial charge in [-0.3, -0.25) is 14.4 Å². The van der Waals surface area contributed by atoms with Crippen molar-refractivity contribution >= 4 is 17.5 Å². The highest BCUT2D eigenvalue weighted by Gasteiger charge is 2.35. The van der Waals surface area contributed by atoms with Gasteiger partial charge in [-0.1, -0.05) is 13.0 Å². The van der Waals surface area contributed by atoms with Crippen molar-refractivity contribution < 1.29 is 19.5 Å². The lowest BCUT2D eigenvalue weighted by Crippen LogP contribution is -2.27. The van der Waals surface area contributed by atoms with Crippen LogP contribution in [0.25, 0.3) is 0 Å². The van der Waals surface area contributed by atoms with Gasteiger partial charge in [0, 0.05) is 19.3 Å². The third-order valence-electron chi connectivity index (χ3n) is 4.99. The van der Waals surface area contributed by atoms with Gasteiger partial charge >= 0.3 is 0 Å². The summed E-state index contributed by atoms with van der Waals surface area (Å²) in [7, 11) is 0. The Morgan fingerprint density at radius 1 is 1.16 bits per heavy atom. The average Bonchev–Trinajstić information content (AvgIpc) is 2.50. The van der Waals surface area contributed by atoms with E-state index in [4.69, 9.17) is 5.73 Å². The van der Waals surface area contributed by atoms with Crippen molar-refractivity contribution in [2.24, 2.45) is 5.73 Å². The molecular formula is C20H25NO4. The first kappa shape index (κ1) is 18.9. The number of hydrogen-bond acceptors (Lipinski definition) is 4. The highest BCUT2D eigenvalue weighted by atomic mass is 16.3. The van der Waals surface area contributed by atoms with Gasteiger partial charge in [-0.25, -0.2) is 0 Å². The number of allylic oxidation sites excluding steroid dienone is 2. The first-order valence-corrected chi connectivity index (χ1v) is 8.53. The van der Waals surface area contributed by atoms with E-state index in [1.54, 1.807) is 6.92 Å². The number of aliphatic hydroxyl groups excluding tert-OH is 1. The van der Waals surface area contributed by atoms with E-state index in [0.29, 0.717) is 0 Å². The predicted octanol–water partition coefficient (Wildman–Crippen LogP) is 2.88. The molecule has 0 heterocycles. The highest BCUT2D eigenvalue weighted by molar-refractivity contribution is 6.22. The number of aliphatic hydroxyl groups is 1. The molecule has 1 aliphatic rings. The van der Waals surface area contributed by atoms with Crippen molar-refractivity contribution in [2.45, 2.75) is 59.3 Å². The van der Waals surface area contributed by atoms with Gasteiger partial charge < -0.3 is 10.8 Å². The Balaban J connectivity index is 2.48. The van der Waals surface area contributed by atoms with Crippen molar-refractivity contribution in [1.82, 2.24) is 0 Å². The first-order valence-electron chi connectivity index (χ1n) is 8.53. The molecule has 1 aromatic rings. The van der Waals surface area contributed by atoms with Gasteiger partial charge in [-0.2, -0.15) is 0 Å². The summed E-state index contributed by atoms with van der Waals surface area (Å²) in [5, 5.41) is 9.86. The van der Waals surface area contributed by atoms with Crippen molar-refractivity contribution in [3.63, 3.8) is 0 Å². The molecule has 2 rings (SSSR count). The number of hydrogen-bond donors (Lipinski definition) is 2. The Labute approximate surface area is 147 Å². The van der Waals surface area contributed by atoms with E-state index in [1.165, 1.54) is 0 Å². The Morgan fingerprint density at radius 2 is 1.72 bits per heavy atom. The Bertz CT molecular complexity index is 769. The monoisotopic (exact) mass is 343 g/mol. The number of carbonyl (C=O) groups is 3. The summed E-state index contributed by atoms with van der Waals surface area (Å²) in [6, 6.07) is 1.98. The molecule has 5 heteroatoms. The molecule has 0 atom stereocenters. The van der Waals surface area contributed by atoms with Crippen molar-refractivity contribution in [2.75, 3.05) is 0 Å². The molecule has 3 N–H and O–H groups in total. The molecule has 5 nitrogen and oxygen atoms in total. The van der Waals surface area contributed by atoms with Crippen LogP contribution >= 0.6 is 0 Å². The Morgan fingerprint density at radius 3 is 2.20 bits per heavy atom. The summed E-state index contributed by atoms with van der Waals surface area (Å²) in [5.41, 5.74) is 10.0. The minimum atomic E-state index is -0.408. The van der Waals surface area contributed by atoms with E-state index >= 15 is 0 Å². The molecule has 1 amide bonds. The SMILES string of the molecule is CCC(O)=C1C(=O)CC(c2c(C)cc(C)c(CC(N)=O)c2C)CC1=O. The van der Waals surface area contributed by atoms with Crippen LogP contribution < -0.4 is 5.73 Å². The van der Waals surface area contributed by atoms with Crippen molar-refractivity contribution in [1.29, 1.82) is 0 Å². The van der Waals surface area contributed by atoms with Crippen LogP contribution in [0.2, 0.25) is 0 Å². The lowest BCUT2D eigenvalue weighted by molar-refractivity contribution is -0.124. The standard InChI is InChI=1S/C20H25NO4/c1-5-15(22)20-16(23)7-13(8-17(20)24)19-11(3)6-10(2)14(12(19)4)9-18(21)25/h6,13,22H,5,7-9H2,1-4H3,(H2,21,25). The summed E-state index contributed by atoms with van der Waals surface area (Å²) < 4.78 is 0. The topological polar surface area (TPSA) is 97.5 Å². The summed E-state index contributed by atoms with van der Waals surface area (Å²) in [6.45, 7) is 7.50. The van der Waals surface area contributed by atoms with Crippen LogP contribution in [0, 0.1) is 20.8 Å². The van der Waals surface area contributed by atoms with Gasteiger partial charge in [0.2, 0.25) is 5.91 Å². The molecule has 0 radical (unpaired) electrons. The van der Waals surface area contributed by atoms with Crippen LogP contribution in [0.3, 0.4) is 0 Å². The van der Waals surface area contributed by atoms with Crippen LogP contribution in [0.1, 0.15) is 59.9 Å². The molecule has 25 heavy (non-hydrogen) atoms. The summed E-state index contributed by atoms with van der Waals surface area (Å²) in [6.07, 6.45) is 0.780. The maximum atomic E-state index is 12.4. The number of benzene rings is 1. The summed E-state index contributed by atoms with van der Waals surface area (Å²) >= 11 is 0. The highest BCUT2D eigenvalue weighted by Crippen LogP contribution is 2.38. The first-order chi connectivity index (χ1) is 11.7. The number of rotatable bonds is 4. The zero-order valence-corrected chi connectivity index (χ0v) is 15.2. The maximum absolute atomic E-state index is 12.4. The molecule has 0 aliphatic heterocycles. The molecule has 1 aliphatic carbocycles. The third-order valence-corrected chi connectivity index (χ3v) is 4.99. The molecule has 1 saturated carbocycles. The van der Waals surface area contributed by atoms with Gasteiger partial charge in [0.25, 0.3) is 0 Å². The molecule has 0 unspecified atom stereocenters. The second-order valence-corrected chi connectivity index (χ2v) is 6.80. The zero-order chi connectivity index (χ0) is 18.9. The van der Waals surface area contributed by atoms with E-state index in [2.05, 4.69) is 0 Å². The van der Waals surface area contributed by atoms with Crippen molar-refractivity contribution in [3.05, 3.63) is 45.2 Å². The normalized spacial score (nSPS) is 17.8. The number of carbonyl (C=O) groups excluding carboxylic acids is 3. The summed E-state index contributed by atoms with van der Waals surface area (Å²) in [4.78, 5) is 36.2. The fraction of sp³-hybridized carbons (Fsp3) is 0.450. The molecule has 134 valence electrons. The van der Waals surface area contributed by atoms with E-state index < -0.39 is 5.91 Å². The van der Waals surface area contributed by atoms with Crippen LogP contribution in [0.4, 0.5) is 0 Å². The molecule has 0 aromatic heterocycles.